The highest BCUT2D eigenvalue weighted by Crippen LogP contribution is 2.17. The molecule has 21 heavy (non-hydrogen) atoms. The minimum absolute atomic E-state index is 0.120. The molecule has 0 aliphatic rings. The van der Waals surface area contributed by atoms with E-state index in [0.717, 1.165) is 0 Å². The lowest BCUT2D eigenvalue weighted by atomic mass is 10.3. The lowest BCUT2D eigenvalue weighted by molar-refractivity contribution is 0.344. The fraction of sp³-hybridized carbons (Fsp3) is 0.286. The van der Waals surface area contributed by atoms with E-state index in [1.54, 1.807) is 38.2 Å². The summed E-state index contributed by atoms with van der Waals surface area (Å²) >= 11 is 0. The van der Waals surface area contributed by atoms with Crippen molar-refractivity contribution in [3.05, 3.63) is 58.8 Å². The Labute approximate surface area is 123 Å². The summed E-state index contributed by atoms with van der Waals surface area (Å²) in [6, 6.07) is 6.21. The summed E-state index contributed by atoms with van der Waals surface area (Å²) in [7, 11) is -3.88. The van der Waals surface area contributed by atoms with Crippen molar-refractivity contribution in [3.63, 3.8) is 0 Å². The van der Waals surface area contributed by atoms with E-state index < -0.39 is 15.5 Å². The molecule has 0 bridgehead atoms. The van der Waals surface area contributed by atoms with Crippen LogP contribution in [0.15, 0.2) is 52.5 Å². The maximum absolute atomic E-state index is 12.7. The SMILES string of the molecule is CC(C)N(Cc1ccccn1)S(=O)(=O)c1c[nH]ccc1=O. The van der Waals surface area contributed by atoms with E-state index in [1.165, 1.54) is 22.8 Å². The first-order valence-electron chi connectivity index (χ1n) is 6.52. The number of nitrogens with zero attached hydrogens (tertiary/aromatic N) is 2. The average molecular weight is 307 g/mol. The fourth-order valence-electron chi connectivity index (χ4n) is 1.93. The van der Waals surface area contributed by atoms with Gasteiger partial charge in [0.2, 0.25) is 15.5 Å². The molecule has 0 saturated heterocycles. The van der Waals surface area contributed by atoms with Gasteiger partial charge < -0.3 is 4.98 Å². The topological polar surface area (TPSA) is 83.1 Å². The van der Waals surface area contributed by atoms with Gasteiger partial charge in [-0.3, -0.25) is 9.78 Å². The molecule has 2 heterocycles. The Morgan fingerprint density at radius 2 is 2.05 bits per heavy atom. The van der Waals surface area contributed by atoms with Crippen LogP contribution in [0.3, 0.4) is 0 Å². The number of nitrogens with one attached hydrogen (secondary N) is 1. The number of hydrogen-bond donors (Lipinski definition) is 1. The highest BCUT2D eigenvalue weighted by Gasteiger charge is 2.29. The van der Waals surface area contributed by atoms with Gasteiger partial charge >= 0.3 is 0 Å². The molecule has 0 radical (unpaired) electrons. The van der Waals surface area contributed by atoms with Crippen molar-refractivity contribution in [1.29, 1.82) is 0 Å². The van der Waals surface area contributed by atoms with E-state index in [4.69, 9.17) is 0 Å². The second kappa shape index (κ2) is 6.19. The molecule has 0 aliphatic heterocycles. The number of rotatable bonds is 5. The highest BCUT2D eigenvalue weighted by atomic mass is 32.2. The Morgan fingerprint density at radius 1 is 1.29 bits per heavy atom. The fourth-order valence-corrected chi connectivity index (χ4v) is 3.57. The Hall–Kier alpha value is -1.99. The first-order chi connectivity index (χ1) is 9.93. The van der Waals surface area contributed by atoms with E-state index in [-0.39, 0.29) is 17.5 Å². The molecule has 112 valence electrons. The zero-order chi connectivity index (χ0) is 15.5. The zero-order valence-electron chi connectivity index (χ0n) is 11.9. The molecule has 0 fully saturated rings. The Bertz CT molecular complexity index is 754. The Morgan fingerprint density at radius 3 is 2.62 bits per heavy atom. The van der Waals surface area contributed by atoms with E-state index >= 15 is 0 Å². The molecule has 0 aliphatic carbocycles. The molecule has 0 atom stereocenters. The van der Waals surface area contributed by atoms with Crippen LogP contribution in [0, 0.1) is 0 Å². The Kier molecular flexibility index (Phi) is 4.54. The van der Waals surface area contributed by atoms with Crippen molar-refractivity contribution in [2.24, 2.45) is 0 Å². The molecule has 7 heteroatoms. The summed E-state index contributed by atoms with van der Waals surface area (Å²) < 4.78 is 26.6. The van der Waals surface area contributed by atoms with Gasteiger partial charge in [-0.15, -0.1) is 0 Å². The van der Waals surface area contributed by atoms with Gasteiger partial charge in [-0.25, -0.2) is 8.42 Å². The van der Waals surface area contributed by atoms with Crippen molar-refractivity contribution in [3.8, 4) is 0 Å². The van der Waals surface area contributed by atoms with E-state index in [0.29, 0.717) is 5.69 Å². The monoisotopic (exact) mass is 307 g/mol. The third-order valence-corrected chi connectivity index (χ3v) is 5.04. The quantitative estimate of drug-likeness (QED) is 0.904. The Balaban J connectivity index is 2.43. The maximum atomic E-state index is 12.7. The van der Waals surface area contributed by atoms with Gasteiger partial charge in [-0.1, -0.05) is 6.07 Å². The van der Waals surface area contributed by atoms with Gasteiger partial charge in [-0.2, -0.15) is 4.31 Å². The van der Waals surface area contributed by atoms with Crippen LogP contribution in [0.1, 0.15) is 19.5 Å². The van der Waals surface area contributed by atoms with Crippen LogP contribution >= 0.6 is 0 Å². The smallest absolute Gasteiger partial charge is 0.249 e. The molecular formula is C14H17N3O3S. The summed E-state index contributed by atoms with van der Waals surface area (Å²) in [5, 5.41) is 0. The van der Waals surface area contributed by atoms with Crippen LogP contribution < -0.4 is 5.43 Å². The first-order valence-corrected chi connectivity index (χ1v) is 7.96. The van der Waals surface area contributed by atoms with E-state index in [2.05, 4.69) is 9.97 Å². The van der Waals surface area contributed by atoms with Gasteiger partial charge in [-0.05, 0) is 26.0 Å². The molecule has 2 aromatic rings. The van der Waals surface area contributed by atoms with Gasteiger partial charge in [0.05, 0.1) is 12.2 Å². The molecule has 2 aromatic heterocycles. The third-order valence-electron chi connectivity index (χ3n) is 2.99. The summed E-state index contributed by atoms with van der Waals surface area (Å²) in [5.74, 6) is 0. The minimum Gasteiger partial charge on any atom is -0.366 e. The van der Waals surface area contributed by atoms with Crippen LogP contribution in [-0.2, 0) is 16.6 Å². The predicted octanol–water partition coefficient (Wildman–Crippen LogP) is 1.37. The molecule has 0 unspecified atom stereocenters. The second-order valence-electron chi connectivity index (χ2n) is 4.84. The summed E-state index contributed by atoms with van der Waals surface area (Å²) in [4.78, 5) is 18.3. The molecular weight excluding hydrogens is 290 g/mol. The third kappa shape index (κ3) is 3.37. The zero-order valence-corrected chi connectivity index (χ0v) is 12.7. The van der Waals surface area contributed by atoms with Crippen molar-refractivity contribution < 1.29 is 8.42 Å². The maximum Gasteiger partial charge on any atom is 0.249 e. The number of sulfonamides is 1. The van der Waals surface area contributed by atoms with Gasteiger partial charge in [0.25, 0.3) is 0 Å². The van der Waals surface area contributed by atoms with Crippen LogP contribution in [-0.4, -0.2) is 28.7 Å². The largest absolute Gasteiger partial charge is 0.366 e. The average Bonchev–Trinajstić information content (AvgIpc) is 2.45. The van der Waals surface area contributed by atoms with Crippen LogP contribution in [0.5, 0.6) is 0 Å². The molecule has 6 nitrogen and oxygen atoms in total. The van der Waals surface area contributed by atoms with Crippen LogP contribution in [0.4, 0.5) is 0 Å². The molecule has 0 spiro atoms. The summed E-state index contributed by atoms with van der Waals surface area (Å²) in [6.45, 7) is 3.64. The van der Waals surface area contributed by atoms with Crippen molar-refractivity contribution in [2.45, 2.75) is 31.3 Å². The highest BCUT2D eigenvalue weighted by molar-refractivity contribution is 7.89. The van der Waals surface area contributed by atoms with Crippen LogP contribution in [0.25, 0.3) is 0 Å². The number of hydrogen-bond acceptors (Lipinski definition) is 4. The van der Waals surface area contributed by atoms with E-state index in [9.17, 15) is 13.2 Å². The van der Waals surface area contributed by atoms with Gasteiger partial charge in [0.1, 0.15) is 4.90 Å². The number of aromatic nitrogens is 2. The van der Waals surface area contributed by atoms with Crippen LogP contribution in [0.2, 0.25) is 0 Å². The molecule has 1 N–H and O–H groups in total. The molecule has 0 saturated carbocycles. The summed E-state index contributed by atoms with van der Waals surface area (Å²) in [6.07, 6.45) is 4.22. The lowest BCUT2D eigenvalue weighted by Gasteiger charge is -2.25. The number of pyridine rings is 2. The first kappa shape index (κ1) is 15.4. The second-order valence-corrected chi connectivity index (χ2v) is 6.70. The standard InChI is InChI=1S/C14H17N3O3S/c1-11(2)17(10-12-5-3-4-7-16-12)21(19,20)14-9-15-8-6-13(14)18/h3-9,11H,10H2,1-2H3,(H,15,18). The molecule has 0 amide bonds. The van der Waals surface area contributed by atoms with Crippen molar-refractivity contribution >= 4 is 10.0 Å². The van der Waals surface area contributed by atoms with Crippen molar-refractivity contribution in [1.82, 2.24) is 14.3 Å². The number of H-pyrrole nitrogens is 1. The molecule has 2 rings (SSSR count). The van der Waals surface area contributed by atoms with Gasteiger partial charge in [0.15, 0.2) is 0 Å². The van der Waals surface area contributed by atoms with E-state index in [1.807, 2.05) is 0 Å². The van der Waals surface area contributed by atoms with Gasteiger partial charge in [0, 0.05) is 30.7 Å². The number of aromatic amines is 1. The lowest BCUT2D eigenvalue weighted by Crippen LogP contribution is -2.38. The molecule has 0 aromatic carbocycles. The minimum atomic E-state index is -3.88. The van der Waals surface area contributed by atoms with Crippen molar-refractivity contribution in [2.75, 3.05) is 0 Å². The summed E-state index contributed by atoms with van der Waals surface area (Å²) in [5.41, 5.74) is 0.0996. The predicted molar refractivity (Wildman–Crippen MR) is 79.2 cm³/mol. The normalized spacial score (nSPS) is 12.0.